The van der Waals surface area contributed by atoms with Gasteiger partial charge in [0.15, 0.2) is 0 Å². The Bertz CT molecular complexity index is 461. The Labute approximate surface area is 125 Å². The number of aromatic nitrogens is 1. The molecule has 6 nitrogen and oxygen atoms in total. The van der Waals surface area contributed by atoms with Crippen LogP contribution in [0.1, 0.15) is 24.2 Å². The number of hydrogen-bond donors (Lipinski definition) is 1. The predicted molar refractivity (Wildman–Crippen MR) is 79.6 cm³/mol. The summed E-state index contributed by atoms with van der Waals surface area (Å²) in [5.41, 5.74) is 0.480. The Balaban J connectivity index is 1.91. The van der Waals surface area contributed by atoms with E-state index in [9.17, 15) is 4.79 Å². The van der Waals surface area contributed by atoms with E-state index >= 15 is 0 Å². The van der Waals surface area contributed by atoms with Crippen molar-refractivity contribution in [1.82, 2.24) is 15.2 Å². The normalized spacial score (nSPS) is 17.2. The molecule has 1 unspecified atom stereocenters. The van der Waals surface area contributed by atoms with Gasteiger partial charge in [-0.2, -0.15) is 0 Å². The van der Waals surface area contributed by atoms with Gasteiger partial charge in [-0.1, -0.05) is 0 Å². The topological polar surface area (TPSA) is 63.7 Å². The second kappa shape index (κ2) is 7.95. The van der Waals surface area contributed by atoms with Crippen molar-refractivity contribution >= 4 is 5.91 Å². The van der Waals surface area contributed by atoms with Gasteiger partial charge in [0, 0.05) is 31.9 Å². The first-order valence-corrected chi connectivity index (χ1v) is 7.39. The van der Waals surface area contributed by atoms with Crippen LogP contribution in [0.5, 0.6) is 5.88 Å². The summed E-state index contributed by atoms with van der Waals surface area (Å²) in [6.07, 6.45) is 1.62. The monoisotopic (exact) mass is 293 g/mol. The Morgan fingerprint density at radius 3 is 3.00 bits per heavy atom. The van der Waals surface area contributed by atoms with Crippen LogP contribution in [0.4, 0.5) is 0 Å². The average Bonchev–Trinajstić information content (AvgIpc) is 2.49. The number of ether oxygens (including phenoxy) is 2. The third-order valence-electron chi connectivity index (χ3n) is 3.31. The lowest BCUT2D eigenvalue weighted by atomic mass is 10.2. The van der Waals surface area contributed by atoms with Crippen LogP contribution < -0.4 is 10.1 Å². The molecule has 0 saturated carbocycles. The molecule has 0 aliphatic carbocycles. The number of nitrogens with zero attached hydrogens (tertiary/aromatic N) is 2. The molecular formula is C15H23N3O3. The maximum absolute atomic E-state index is 12.3. The number of morpholine rings is 1. The van der Waals surface area contributed by atoms with Crippen molar-refractivity contribution in [2.24, 2.45) is 0 Å². The van der Waals surface area contributed by atoms with Gasteiger partial charge in [-0.3, -0.25) is 9.69 Å². The lowest BCUT2D eigenvalue weighted by Gasteiger charge is -2.29. The van der Waals surface area contributed by atoms with E-state index in [1.165, 1.54) is 0 Å². The molecule has 1 aromatic rings. The Morgan fingerprint density at radius 2 is 2.29 bits per heavy atom. The predicted octanol–water partition coefficient (Wildman–Crippen LogP) is 0.931. The minimum Gasteiger partial charge on any atom is -0.477 e. The highest BCUT2D eigenvalue weighted by Gasteiger charge is 2.18. The fraction of sp³-hybridized carbons (Fsp3) is 0.600. The van der Waals surface area contributed by atoms with Gasteiger partial charge >= 0.3 is 0 Å². The molecule has 1 saturated heterocycles. The lowest BCUT2D eigenvalue weighted by Crippen LogP contribution is -2.46. The SMILES string of the molecule is CCOc1ncccc1C(=O)NC(C)CN1CCOCC1. The van der Waals surface area contributed by atoms with Gasteiger partial charge in [-0.15, -0.1) is 0 Å². The van der Waals surface area contributed by atoms with Crippen LogP contribution >= 0.6 is 0 Å². The molecule has 1 atom stereocenters. The third-order valence-corrected chi connectivity index (χ3v) is 3.31. The van der Waals surface area contributed by atoms with E-state index in [2.05, 4.69) is 15.2 Å². The molecule has 0 bridgehead atoms. The zero-order chi connectivity index (χ0) is 15.1. The molecule has 116 valence electrons. The first-order chi connectivity index (χ1) is 10.2. The molecule has 1 fully saturated rings. The van der Waals surface area contributed by atoms with E-state index in [1.54, 1.807) is 18.3 Å². The molecule has 2 rings (SSSR count). The maximum atomic E-state index is 12.3. The van der Waals surface area contributed by atoms with Crippen molar-refractivity contribution < 1.29 is 14.3 Å². The Hall–Kier alpha value is -1.66. The fourth-order valence-electron chi connectivity index (χ4n) is 2.33. The highest BCUT2D eigenvalue weighted by molar-refractivity contribution is 5.96. The van der Waals surface area contributed by atoms with Gasteiger partial charge < -0.3 is 14.8 Å². The molecule has 1 aliphatic rings. The van der Waals surface area contributed by atoms with Crippen LogP contribution in [-0.2, 0) is 4.74 Å². The Kier molecular flexibility index (Phi) is 5.95. The number of rotatable bonds is 6. The highest BCUT2D eigenvalue weighted by Crippen LogP contribution is 2.14. The van der Waals surface area contributed by atoms with Gasteiger partial charge in [0.25, 0.3) is 5.91 Å². The van der Waals surface area contributed by atoms with E-state index in [0.717, 1.165) is 32.8 Å². The number of pyridine rings is 1. The standard InChI is InChI=1S/C15H23N3O3/c1-3-21-15-13(5-4-6-16-15)14(19)17-12(2)11-18-7-9-20-10-8-18/h4-6,12H,3,7-11H2,1-2H3,(H,17,19). The van der Waals surface area contributed by atoms with Crippen molar-refractivity contribution in [1.29, 1.82) is 0 Å². The van der Waals surface area contributed by atoms with Gasteiger partial charge in [-0.05, 0) is 26.0 Å². The Morgan fingerprint density at radius 1 is 1.52 bits per heavy atom. The smallest absolute Gasteiger partial charge is 0.257 e. The van der Waals surface area contributed by atoms with Gasteiger partial charge in [0.1, 0.15) is 5.56 Å². The lowest BCUT2D eigenvalue weighted by molar-refractivity contribution is 0.0342. The summed E-state index contributed by atoms with van der Waals surface area (Å²) in [6, 6.07) is 3.53. The summed E-state index contributed by atoms with van der Waals surface area (Å²) >= 11 is 0. The largest absolute Gasteiger partial charge is 0.477 e. The second-order valence-electron chi connectivity index (χ2n) is 5.08. The minimum atomic E-state index is -0.146. The van der Waals surface area contributed by atoms with Crippen molar-refractivity contribution in [2.75, 3.05) is 39.5 Å². The molecule has 0 radical (unpaired) electrons. The zero-order valence-corrected chi connectivity index (χ0v) is 12.7. The molecule has 21 heavy (non-hydrogen) atoms. The summed E-state index contributed by atoms with van der Waals surface area (Å²) in [7, 11) is 0. The summed E-state index contributed by atoms with van der Waals surface area (Å²) in [4.78, 5) is 18.7. The molecule has 1 N–H and O–H groups in total. The van der Waals surface area contributed by atoms with E-state index < -0.39 is 0 Å². The van der Waals surface area contributed by atoms with E-state index in [1.807, 2.05) is 13.8 Å². The minimum absolute atomic E-state index is 0.0604. The van der Waals surface area contributed by atoms with Crippen molar-refractivity contribution in [2.45, 2.75) is 19.9 Å². The number of amides is 1. The summed E-state index contributed by atoms with van der Waals surface area (Å²) < 4.78 is 10.7. The van der Waals surface area contributed by atoms with Crippen molar-refractivity contribution in [3.63, 3.8) is 0 Å². The highest BCUT2D eigenvalue weighted by atomic mass is 16.5. The number of carbonyl (C=O) groups is 1. The molecule has 1 aromatic heterocycles. The fourth-order valence-corrected chi connectivity index (χ4v) is 2.33. The molecular weight excluding hydrogens is 270 g/mol. The zero-order valence-electron chi connectivity index (χ0n) is 12.7. The quantitative estimate of drug-likeness (QED) is 0.845. The van der Waals surface area contributed by atoms with Crippen LogP contribution in [0.25, 0.3) is 0 Å². The van der Waals surface area contributed by atoms with Gasteiger partial charge in [0.05, 0.1) is 19.8 Å². The molecule has 0 spiro atoms. The molecule has 1 amide bonds. The molecule has 0 aromatic carbocycles. The number of hydrogen-bond acceptors (Lipinski definition) is 5. The first kappa shape index (κ1) is 15.7. The molecule has 1 aliphatic heterocycles. The van der Waals surface area contributed by atoms with Crippen molar-refractivity contribution in [3.05, 3.63) is 23.9 Å². The van der Waals surface area contributed by atoms with Crippen LogP contribution in [0.2, 0.25) is 0 Å². The van der Waals surface area contributed by atoms with Crippen LogP contribution in [0.3, 0.4) is 0 Å². The van der Waals surface area contributed by atoms with E-state index in [4.69, 9.17) is 9.47 Å². The number of nitrogens with one attached hydrogen (secondary N) is 1. The third kappa shape index (κ3) is 4.68. The maximum Gasteiger partial charge on any atom is 0.257 e. The summed E-state index contributed by atoms with van der Waals surface area (Å²) in [5.74, 6) is 0.239. The number of carbonyl (C=O) groups excluding carboxylic acids is 1. The van der Waals surface area contributed by atoms with E-state index in [-0.39, 0.29) is 11.9 Å². The summed E-state index contributed by atoms with van der Waals surface area (Å²) in [6.45, 7) is 8.53. The van der Waals surface area contributed by atoms with Crippen LogP contribution in [0, 0.1) is 0 Å². The van der Waals surface area contributed by atoms with Gasteiger partial charge in [-0.25, -0.2) is 4.98 Å². The van der Waals surface area contributed by atoms with Crippen LogP contribution in [-0.4, -0.2) is 61.3 Å². The summed E-state index contributed by atoms with van der Waals surface area (Å²) in [5, 5.41) is 3.00. The first-order valence-electron chi connectivity index (χ1n) is 7.39. The molecule has 2 heterocycles. The van der Waals surface area contributed by atoms with Gasteiger partial charge in [0.2, 0.25) is 5.88 Å². The average molecular weight is 293 g/mol. The van der Waals surface area contributed by atoms with Crippen molar-refractivity contribution in [3.8, 4) is 5.88 Å². The second-order valence-corrected chi connectivity index (χ2v) is 5.08. The van der Waals surface area contributed by atoms with Crippen LogP contribution in [0.15, 0.2) is 18.3 Å². The molecule has 6 heteroatoms. The van der Waals surface area contributed by atoms with E-state index in [0.29, 0.717) is 18.1 Å².